The van der Waals surface area contributed by atoms with Gasteiger partial charge in [-0.15, -0.1) is 0 Å². The summed E-state index contributed by atoms with van der Waals surface area (Å²) in [6.45, 7) is 2.26. The van der Waals surface area contributed by atoms with E-state index >= 15 is 0 Å². The van der Waals surface area contributed by atoms with Crippen LogP contribution in [0, 0.1) is 5.92 Å². The maximum atomic E-state index is 10.4. The van der Waals surface area contributed by atoms with Crippen LogP contribution in [0.5, 0.6) is 0 Å². The van der Waals surface area contributed by atoms with Crippen molar-refractivity contribution in [3.63, 3.8) is 0 Å². The first-order chi connectivity index (χ1) is 8.52. The van der Waals surface area contributed by atoms with E-state index in [1.54, 1.807) is 0 Å². The predicted octanol–water partition coefficient (Wildman–Crippen LogP) is 3.79. The third-order valence-electron chi connectivity index (χ3n) is 5.14. The highest BCUT2D eigenvalue weighted by Gasteiger charge is 2.33. The first-order valence-corrected chi connectivity index (χ1v) is 7.96. The van der Waals surface area contributed by atoms with Crippen molar-refractivity contribution in [2.45, 2.75) is 95.2 Å². The molecule has 2 aliphatic rings. The van der Waals surface area contributed by atoms with Gasteiger partial charge in [-0.05, 0) is 44.4 Å². The average molecular weight is 254 g/mol. The molecule has 2 fully saturated rings. The quantitative estimate of drug-likeness (QED) is 0.757. The number of hydrogen-bond donors (Lipinski definition) is 2. The summed E-state index contributed by atoms with van der Waals surface area (Å²) in [4.78, 5) is 0. The van der Waals surface area contributed by atoms with Crippen LogP contribution in [0.3, 0.4) is 0 Å². The second kappa shape index (κ2) is 5.92. The van der Waals surface area contributed by atoms with Gasteiger partial charge in [0.2, 0.25) is 0 Å². The van der Waals surface area contributed by atoms with Crippen molar-refractivity contribution >= 4 is 0 Å². The molecule has 0 aliphatic heterocycles. The molecule has 18 heavy (non-hydrogen) atoms. The van der Waals surface area contributed by atoms with Crippen LogP contribution in [-0.4, -0.2) is 21.4 Å². The van der Waals surface area contributed by atoms with E-state index in [9.17, 15) is 10.2 Å². The lowest BCUT2D eigenvalue weighted by Crippen LogP contribution is -2.27. The molecule has 0 amide bonds. The highest BCUT2D eigenvalue weighted by atomic mass is 16.3. The van der Waals surface area contributed by atoms with Gasteiger partial charge in [0, 0.05) is 0 Å². The summed E-state index contributed by atoms with van der Waals surface area (Å²) in [6, 6.07) is 0. The zero-order chi connectivity index (χ0) is 13.1. The van der Waals surface area contributed by atoms with Crippen LogP contribution in [0.4, 0.5) is 0 Å². The maximum Gasteiger partial charge on any atom is 0.0650 e. The fraction of sp³-hybridized carbons (Fsp3) is 1.00. The van der Waals surface area contributed by atoms with Crippen LogP contribution in [-0.2, 0) is 0 Å². The molecule has 0 aromatic carbocycles. The number of hydrogen-bond acceptors (Lipinski definition) is 2. The largest absolute Gasteiger partial charge is 0.390 e. The molecule has 0 aromatic heterocycles. The molecule has 0 saturated heterocycles. The number of aliphatic hydroxyl groups is 2. The lowest BCUT2D eigenvalue weighted by Gasteiger charge is -2.27. The highest BCUT2D eigenvalue weighted by molar-refractivity contribution is 4.87. The van der Waals surface area contributed by atoms with Crippen molar-refractivity contribution in [3.05, 3.63) is 0 Å². The second-order valence-corrected chi connectivity index (χ2v) is 7.06. The molecule has 1 atom stereocenters. The molecular formula is C16H30O2. The van der Waals surface area contributed by atoms with Crippen molar-refractivity contribution in [2.24, 2.45) is 5.92 Å². The average Bonchev–Trinajstić information content (AvgIpc) is 2.88. The van der Waals surface area contributed by atoms with Crippen LogP contribution in [0.2, 0.25) is 0 Å². The molecule has 0 spiro atoms. The van der Waals surface area contributed by atoms with Gasteiger partial charge in [0.05, 0.1) is 11.2 Å². The molecular weight excluding hydrogens is 224 g/mol. The first-order valence-electron chi connectivity index (χ1n) is 7.96. The Labute approximate surface area is 112 Å². The Hall–Kier alpha value is -0.0800. The van der Waals surface area contributed by atoms with E-state index in [1.165, 1.54) is 25.7 Å². The first kappa shape index (κ1) is 14.3. The van der Waals surface area contributed by atoms with Crippen molar-refractivity contribution in [1.82, 2.24) is 0 Å². The monoisotopic (exact) mass is 254 g/mol. The zero-order valence-corrected chi connectivity index (χ0v) is 12.0. The Kier molecular flexibility index (Phi) is 4.71. The fourth-order valence-corrected chi connectivity index (χ4v) is 4.05. The molecule has 2 heteroatoms. The lowest BCUT2D eigenvalue weighted by molar-refractivity contribution is 0.0180. The van der Waals surface area contributed by atoms with Gasteiger partial charge in [-0.25, -0.2) is 0 Å². The van der Waals surface area contributed by atoms with Gasteiger partial charge in [0.15, 0.2) is 0 Å². The van der Waals surface area contributed by atoms with Crippen molar-refractivity contribution < 1.29 is 10.2 Å². The molecule has 0 radical (unpaired) electrons. The Morgan fingerprint density at radius 2 is 1.39 bits per heavy atom. The summed E-state index contributed by atoms with van der Waals surface area (Å²) in [5, 5.41) is 20.7. The normalized spacial score (nSPS) is 27.5. The second-order valence-electron chi connectivity index (χ2n) is 7.06. The minimum atomic E-state index is -0.357. The van der Waals surface area contributed by atoms with Gasteiger partial charge in [0.1, 0.15) is 0 Å². The SMILES string of the molecule is CC(CCCC1(O)CCCC1)CC1(O)CCCC1. The Morgan fingerprint density at radius 1 is 0.889 bits per heavy atom. The van der Waals surface area contributed by atoms with E-state index in [-0.39, 0.29) is 11.2 Å². The molecule has 106 valence electrons. The maximum absolute atomic E-state index is 10.4. The van der Waals surface area contributed by atoms with Crippen molar-refractivity contribution in [1.29, 1.82) is 0 Å². The molecule has 0 bridgehead atoms. The Bertz CT molecular complexity index is 250. The highest BCUT2D eigenvalue weighted by Crippen LogP contribution is 2.37. The summed E-state index contributed by atoms with van der Waals surface area (Å²) < 4.78 is 0. The third-order valence-corrected chi connectivity index (χ3v) is 5.14. The van der Waals surface area contributed by atoms with E-state index in [1.807, 2.05) is 0 Å². The van der Waals surface area contributed by atoms with Gasteiger partial charge in [-0.3, -0.25) is 0 Å². The molecule has 1 unspecified atom stereocenters. The fourth-order valence-electron chi connectivity index (χ4n) is 4.05. The van der Waals surface area contributed by atoms with Crippen LogP contribution >= 0.6 is 0 Å². The third kappa shape index (κ3) is 3.96. The van der Waals surface area contributed by atoms with Crippen LogP contribution < -0.4 is 0 Å². The molecule has 2 rings (SSSR count). The summed E-state index contributed by atoms with van der Waals surface area (Å²) in [5.41, 5.74) is -0.701. The Balaban J connectivity index is 1.64. The summed E-state index contributed by atoms with van der Waals surface area (Å²) >= 11 is 0. The van der Waals surface area contributed by atoms with Crippen LogP contribution in [0.15, 0.2) is 0 Å². The van der Waals surface area contributed by atoms with Gasteiger partial charge in [-0.1, -0.05) is 45.4 Å². The topological polar surface area (TPSA) is 40.5 Å². The lowest BCUT2D eigenvalue weighted by atomic mass is 9.85. The molecule has 2 aliphatic carbocycles. The molecule has 0 aromatic rings. The molecule has 2 saturated carbocycles. The molecule has 0 heterocycles. The Morgan fingerprint density at radius 3 is 1.94 bits per heavy atom. The van der Waals surface area contributed by atoms with Gasteiger partial charge >= 0.3 is 0 Å². The summed E-state index contributed by atoms with van der Waals surface area (Å²) in [5.74, 6) is 0.595. The summed E-state index contributed by atoms with van der Waals surface area (Å²) in [7, 11) is 0. The van der Waals surface area contributed by atoms with Crippen LogP contribution in [0.1, 0.15) is 84.0 Å². The molecule has 2 N–H and O–H groups in total. The predicted molar refractivity (Wildman–Crippen MR) is 74.5 cm³/mol. The smallest absolute Gasteiger partial charge is 0.0650 e. The van der Waals surface area contributed by atoms with E-state index < -0.39 is 0 Å². The van der Waals surface area contributed by atoms with Crippen molar-refractivity contribution in [3.8, 4) is 0 Å². The van der Waals surface area contributed by atoms with E-state index in [0.29, 0.717) is 5.92 Å². The van der Waals surface area contributed by atoms with E-state index in [0.717, 1.165) is 51.4 Å². The van der Waals surface area contributed by atoms with E-state index in [2.05, 4.69) is 6.92 Å². The number of rotatable bonds is 6. The van der Waals surface area contributed by atoms with E-state index in [4.69, 9.17) is 0 Å². The molecule has 2 nitrogen and oxygen atoms in total. The standard InChI is InChI=1S/C16H30O2/c1-14(13-16(18)10-4-5-11-16)7-6-12-15(17)8-2-3-9-15/h14,17-18H,2-13H2,1H3. The zero-order valence-electron chi connectivity index (χ0n) is 12.0. The van der Waals surface area contributed by atoms with Gasteiger partial charge in [-0.2, -0.15) is 0 Å². The van der Waals surface area contributed by atoms with Crippen LogP contribution in [0.25, 0.3) is 0 Å². The minimum absolute atomic E-state index is 0.343. The van der Waals surface area contributed by atoms with Gasteiger partial charge < -0.3 is 10.2 Å². The van der Waals surface area contributed by atoms with Crippen molar-refractivity contribution in [2.75, 3.05) is 0 Å². The minimum Gasteiger partial charge on any atom is -0.390 e. The summed E-state index contributed by atoms with van der Waals surface area (Å²) in [6.07, 6.45) is 13.0. The van der Waals surface area contributed by atoms with Gasteiger partial charge in [0.25, 0.3) is 0 Å².